The van der Waals surface area contributed by atoms with E-state index in [0.29, 0.717) is 11.1 Å². The van der Waals surface area contributed by atoms with Gasteiger partial charge in [-0.15, -0.1) is 11.6 Å². The smallest absolute Gasteiger partial charge is 0.443 e. The first-order chi connectivity index (χ1) is 14.3. The summed E-state index contributed by atoms with van der Waals surface area (Å²) in [7, 11) is 0. The summed E-state index contributed by atoms with van der Waals surface area (Å²) < 4.78 is 17.2. The molecular weight excluding hydrogens is 533 g/mol. The van der Waals surface area contributed by atoms with Gasteiger partial charge in [-0.1, -0.05) is 30.3 Å². The van der Waals surface area contributed by atoms with E-state index in [1.54, 1.807) is 59.9 Å². The number of ether oxygens (including phenoxy) is 3. The number of anilines is 1. The van der Waals surface area contributed by atoms with Crippen LogP contribution in [0.15, 0.2) is 42.6 Å². The molecule has 6 nitrogen and oxygen atoms in total. The number of benzene rings is 2. The van der Waals surface area contributed by atoms with Crippen molar-refractivity contribution in [1.29, 1.82) is 0 Å². The van der Waals surface area contributed by atoms with E-state index in [-0.39, 0.29) is 11.6 Å². The fraction of sp³-hybridized carbons (Fsp3) is 0.391. The minimum absolute atomic E-state index is 0.213. The summed E-state index contributed by atoms with van der Waals surface area (Å²) in [4.78, 5) is 26.6. The van der Waals surface area contributed by atoms with Gasteiger partial charge in [0.1, 0.15) is 17.0 Å². The number of rotatable bonds is 4. The van der Waals surface area contributed by atoms with Crippen molar-refractivity contribution in [3.8, 4) is 5.75 Å². The third kappa shape index (κ3) is 7.28. The minimum atomic E-state index is -0.829. The van der Waals surface area contributed by atoms with Gasteiger partial charge < -0.3 is 14.2 Å². The zero-order chi connectivity index (χ0) is 23.4. The van der Waals surface area contributed by atoms with Gasteiger partial charge in [0.05, 0.1) is 5.69 Å². The van der Waals surface area contributed by atoms with Gasteiger partial charge in [0.2, 0.25) is 0 Å². The highest BCUT2D eigenvalue weighted by molar-refractivity contribution is 14.1. The van der Waals surface area contributed by atoms with Crippen molar-refractivity contribution in [3.63, 3.8) is 0 Å². The van der Waals surface area contributed by atoms with Crippen LogP contribution in [0, 0.1) is 3.57 Å². The molecule has 8 heteroatoms. The molecule has 0 spiro atoms. The SMILES string of the molecule is CC(C)(C)OC(=O)Oc1cc(N(/C=C/CCl)C(=O)OC(C)(C)C)c(I)c2ccccc12. The van der Waals surface area contributed by atoms with Gasteiger partial charge >= 0.3 is 12.2 Å². The third-order valence-electron chi connectivity index (χ3n) is 3.70. The second-order valence-electron chi connectivity index (χ2n) is 8.71. The fourth-order valence-electron chi connectivity index (χ4n) is 2.61. The van der Waals surface area contributed by atoms with Crippen LogP contribution in [-0.4, -0.2) is 29.3 Å². The normalized spacial score (nSPS) is 12.1. The van der Waals surface area contributed by atoms with E-state index in [1.165, 1.54) is 4.90 Å². The number of amides is 1. The van der Waals surface area contributed by atoms with Gasteiger partial charge in [-0.3, -0.25) is 4.90 Å². The molecule has 1 amide bonds. The number of carbonyl (C=O) groups excluding carboxylic acids is 2. The van der Waals surface area contributed by atoms with Gasteiger partial charge in [0.25, 0.3) is 0 Å². The van der Waals surface area contributed by atoms with E-state index in [2.05, 4.69) is 22.6 Å². The second kappa shape index (κ2) is 10.1. The standard InChI is InChI=1S/C23H27ClINO5/c1-22(2,3)30-20(27)26(13-9-12-24)17-14-18(29-21(28)31-23(4,5)6)15-10-7-8-11-16(15)19(17)25/h7-11,13-14H,12H2,1-6H3/b13-9+. The largest absolute Gasteiger partial charge is 0.514 e. The number of hydrogen-bond acceptors (Lipinski definition) is 5. The Morgan fingerprint density at radius 3 is 2.16 bits per heavy atom. The van der Waals surface area contributed by atoms with E-state index in [4.69, 9.17) is 25.8 Å². The maximum absolute atomic E-state index is 12.9. The summed E-state index contributed by atoms with van der Waals surface area (Å²) in [6.45, 7) is 10.6. The number of hydrogen-bond donors (Lipinski definition) is 0. The number of fused-ring (bicyclic) bond motifs is 1. The molecule has 0 saturated carbocycles. The lowest BCUT2D eigenvalue weighted by Crippen LogP contribution is -2.34. The molecule has 0 saturated heterocycles. The Kier molecular flexibility index (Phi) is 8.21. The van der Waals surface area contributed by atoms with Crippen LogP contribution in [0.5, 0.6) is 5.75 Å². The average Bonchev–Trinajstić information content (AvgIpc) is 2.62. The number of nitrogens with zero attached hydrogens (tertiary/aromatic N) is 1. The lowest BCUT2D eigenvalue weighted by Gasteiger charge is -2.27. The Balaban J connectivity index is 2.61. The molecular formula is C23H27ClINO5. The van der Waals surface area contributed by atoms with Crippen LogP contribution in [0.25, 0.3) is 10.8 Å². The molecule has 0 radical (unpaired) electrons. The summed E-state index contributed by atoms with van der Waals surface area (Å²) in [5, 5.41) is 1.53. The zero-order valence-corrected chi connectivity index (χ0v) is 21.4. The maximum Gasteiger partial charge on any atom is 0.514 e. The second-order valence-corrected chi connectivity index (χ2v) is 10.1. The molecule has 0 aliphatic carbocycles. The van der Waals surface area contributed by atoms with E-state index in [0.717, 1.165) is 8.96 Å². The Bertz CT molecular complexity index is 992. The number of carbonyl (C=O) groups is 2. The van der Waals surface area contributed by atoms with Crippen LogP contribution in [0.4, 0.5) is 15.3 Å². The quantitative estimate of drug-likeness (QED) is 0.171. The molecule has 2 aromatic carbocycles. The van der Waals surface area contributed by atoms with Crippen LogP contribution in [-0.2, 0) is 9.47 Å². The molecule has 2 rings (SSSR count). The molecule has 0 aromatic heterocycles. The maximum atomic E-state index is 12.9. The third-order valence-corrected chi connectivity index (χ3v) is 5.01. The molecule has 0 bridgehead atoms. The molecule has 168 valence electrons. The summed E-state index contributed by atoms with van der Waals surface area (Å²) in [6, 6.07) is 9.07. The molecule has 0 N–H and O–H groups in total. The highest BCUT2D eigenvalue weighted by Crippen LogP contribution is 2.38. The van der Waals surface area contributed by atoms with Crippen LogP contribution < -0.4 is 9.64 Å². The Morgan fingerprint density at radius 1 is 1.03 bits per heavy atom. The minimum Gasteiger partial charge on any atom is -0.443 e. The highest BCUT2D eigenvalue weighted by atomic mass is 127. The Hall–Kier alpha value is -2.00. The van der Waals surface area contributed by atoms with Gasteiger partial charge in [-0.2, -0.15) is 0 Å². The van der Waals surface area contributed by atoms with Crippen molar-refractivity contribution in [3.05, 3.63) is 46.2 Å². The van der Waals surface area contributed by atoms with E-state index >= 15 is 0 Å². The molecule has 0 unspecified atom stereocenters. The first kappa shape index (κ1) is 25.3. The van der Waals surface area contributed by atoms with E-state index in [1.807, 2.05) is 24.3 Å². The van der Waals surface area contributed by atoms with Crippen molar-refractivity contribution in [2.24, 2.45) is 0 Å². The predicted molar refractivity (Wildman–Crippen MR) is 132 cm³/mol. The van der Waals surface area contributed by atoms with Gasteiger partial charge in [0, 0.05) is 32.5 Å². The Labute approximate surface area is 201 Å². The first-order valence-corrected chi connectivity index (χ1v) is 11.3. The van der Waals surface area contributed by atoms with Crippen molar-refractivity contribution in [2.75, 3.05) is 10.8 Å². The van der Waals surface area contributed by atoms with Crippen LogP contribution >= 0.6 is 34.2 Å². The average molecular weight is 560 g/mol. The molecule has 2 aromatic rings. The van der Waals surface area contributed by atoms with E-state index < -0.39 is 23.5 Å². The fourth-order valence-corrected chi connectivity index (χ4v) is 3.57. The number of alkyl halides is 1. The predicted octanol–water partition coefficient (Wildman–Crippen LogP) is 7.25. The van der Waals surface area contributed by atoms with Gasteiger partial charge in [0.15, 0.2) is 0 Å². The van der Waals surface area contributed by atoms with Gasteiger partial charge in [-0.25, -0.2) is 9.59 Å². The summed E-state index contributed by atoms with van der Waals surface area (Å²) in [5.74, 6) is 0.484. The van der Waals surface area contributed by atoms with E-state index in [9.17, 15) is 9.59 Å². The number of allylic oxidation sites excluding steroid dienone is 1. The molecule has 0 heterocycles. The van der Waals surface area contributed by atoms with Crippen molar-refractivity contribution in [2.45, 2.75) is 52.7 Å². The molecule has 0 fully saturated rings. The Morgan fingerprint density at radius 2 is 1.61 bits per heavy atom. The lowest BCUT2D eigenvalue weighted by molar-refractivity contribution is 0.0209. The highest BCUT2D eigenvalue weighted by Gasteiger charge is 2.26. The summed E-state index contributed by atoms with van der Waals surface area (Å²) in [5.41, 5.74) is -0.902. The van der Waals surface area contributed by atoms with Crippen LogP contribution in [0.3, 0.4) is 0 Å². The summed E-state index contributed by atoms with van der Waals surface area (Å²) in [6.07, 6.45) is 1.77. The molecule has 31 heavy (non-hydrogen) atoms. The van der Waals surface area contributed by atoms with Crippen molar-refractivity contribution >= 4 is 62.9 Å². The lowest BCUT2D eigenvalue weighted by atomic mass is 10.1. The zero-order valence-electron chi connectivity index (χ0n) is 18.5. The van der Waals surface area contributed by atoms with Crippen molar-refractivity contribution < 1.29 is 23.8 Å². The topological polar surface area (TPSA) is 65.1 Å². The molecule has 0 aliphatic rings. The molecule has 0 aliphatic heterocycles. The van der Waals surface area contributed by atoms with Crippen LogP contribution in [0.1, 0.15) is 41.5 Å². The van der Waals surface area contributed by atoms with Crippen LogP contribution in [0.2, 0.25) is 0 Å². The van der Waals surface area contributed by atoms with Gasteiger partial charge in [-0.05, 0) is 64.1 Å². The first-order valence-electron chi connectivity index (χ1n) is 9.69. The molecule has 0 atom stereocenters. The number of halogens is 2. The van der Waals surface area contributed by atoms with Crippen molar-refractivity contribution in [1.82, 2.24) is 0 Å². The summed E-state index contributed by atoms with van der Waals surface area (Å²) >= 11 is 7.97. The monoisotopic (exact) mass is 559 g/mol.